The van der Waals surface area contributed by atoms with Gasteiger partial charge in [-0.05, 0) is 24.3 Å². The molecule has 0 unspecified atom stereocenters. The minimum Gasteiger partial charge on any atom is -0.396 e. The van der Waals surface area contributed by atoms with Crippen molar-refractivity contribution in [2.45, 2.75) is 4.90 Å². The molecule has 5 nitrogen and oxygen atoms in total. The lowest BCUT2D eigenvalue weighted by molar-refractivity contribution is 0.602. The van der Waals surface area contributed by atoms with E-state index >= 15 is 0 Å². The number of rotatable bonds is 2. The lowest BCUT2D eigenvalue weighted by atomic mass is 10.2. The van der Waals surface area contributed by atoms with Crippen LogP contribution in [0.3, 0.4) is 0 Å². The number of hydrogen-bond donors (Lipinski definition) is 1. The smallest absolute Gasteiger partial charge is 0.177 e. The Morgan fingerprint density at radius 2 is 2.00 bits per heavy atom. The van der Waals surface area contributed by atoms with Crippen molar-refractivity contribution in [2.75, 3.05) is 12.0 Å². The van der Waals surface area contributed by atoms with E-state index in [4.69, 9.17) is 11.0 Å². The van der Waals surface area contributed by atoms with Gasteiger partial charge in [-0.3, -0.25) is 0 Å². The van der Waals surface area contributed by atoms with Gasteiger partial charge in [0.25, 0.3) is 0 Å². The molecule has 1 aromatic carbocycles. The summed E-state index contributed by atoms with van der Waals surface area (Å²) in [5.74, 6) is 0. The van der Waals surface area contributed by atoms with Crippen LogP contribution in [0, 0.1) is 11.3 Å². The molecule has 0 aliphatic carbocycles. The van der Waals surface area contributed by atoms with Crippen LogP contribution in [0.15, 0.2) is 41.4 Å². The molecule has 1 aromatic heterocycles. The van der Waals surface area contributed by atoms with Gasteiger partial charge in [0.15, 0.2) is 9.84 Å². The number of nitrogens with two attached hydrogens (primary N) is 1. The third-order valence-electron chi connectivity index (χ3n) is 2.57. The Hall–Kier alpha value is -2.26. The number of aromatic nitrogens is 1. The molecule has 2 rings (SSSR count). The van der Waals surface area contributed by atoms with Crippen LogP contribution >= 0.6 is 0 Å². The number of nitrogens with zero attached hydrogens (tertiary/aromatic N) is 2. The summed E-state index contributed by atoms with van der Waals surface area (Å²) in [6, 6.07) is 10.1. The lowest BCUT2D eigenvalue weighted by Crippen LogP contribution is -2.07. The molecule has 1 heterocycles. The first-order valence-electron chi connectivity index (χ1n) is 5.11. The third-order valence-corrected chi connectivity index (χ3v) is 3.72. The molecule has 0 fully saturated rings. The fourth-order valence-electron chi connectivity index (χ4n) is 1.75. The van der Waals surface area contributed by atoms with Gasteiger partial charge in [-0.25, -0.2) is 8.42 Å². The minimum absolute atomic E-state index is 0.0672. The number of benzene rings is 1. The fourth-order valence-corrected chi connectivity index (χ4v) is 2.58. The Labute approximate surface area is 105 Å². The number of nitrogen functional groups attached to an aromatic ring is 1. The van der Waals surface area contributed by atoms with Gasteiger partial charge >= 0.3 is 0 Å². The summed E-state index contributed by atoms with van der Waals surface area (Å²) >= 11 is 0. The summed E-state index contributed by atoms with van der Waals surface area (Å²) in [5.41, 5.74) is 6.90. The van der Waals surface area contributed by atoms with Gasteiger partial charge in [0, 0.05) is 12.5 Å². The van der Waals surface area contributed by atoms with Crippen LogP contribution in [-0.2, 0) is 9.84 Å². The standard InChI is InChI=1S/C12H11N3O2S/c1-18(16,17)11-6-2-5-10(12(11)14)15-7-3-4-9(15)8-13/h2-7H,14H2,1H3. The Bertz CT molecular complexity index is 739. The summed E-state index contributed by atoms with van der Waals surface area (Å²) in [6.07, 6.45) is 2.76. The van der Waals surface area contributed by atoms with Crippen molar-refractivity contribution in [3.05, 3.63) is 42.2 Å². The normalized spacial score (nSPS) is 11.1. The molecule has 0 bridgehead atoms. The molecule has 92 valence electrons. The van der Waals surface area contributed by atoms with Crippen LogP contribution in [-0.4, -0.2) is 19.2 Å². The van der Waals surface area contributed by atoms with Crippen LogP contribution in [0.4, 0.5) is 5.69 Å². The van der Waals surface area contributed by atoms with E-state index in [0.717, 1.165) is 6.26 Å². The van der Waals surface area contributed by atoms with E-state index in [2.05, 4.69) is 0 Å². The summed E-state index contributed by atoms with van der Waals surface area (Å²) in [4.78, 5) is 0.0672. The van der Waals surface area contributed by atoms with E-state index in [0.29, 0.717) is 11.4 Å². The number of para-hydroxylation sites is 1. The average Bonchev–Trinajstić information content (AvgIpc) is 2.75. The number of nitriles is 1. The van der Waals surface area contributed by atoms with Gasteiger partial charge < -0.3 is 10.3 Å². The van der Waals surface area contributed by atoms with Crippen molar-refractivity contribution in [1.29, 1.82) is 5.26 Å². The zero-order valence-corrected chi connectivity index (χ0v) is 10.5. The second kappa shape index (κ2) is 4.20. The van der Waals surface area contributed by atoms with E-state index in [1.165, 1.54) is 6.07 Å². The van der Waals surface area contributed by atoms with Crippen molar-refractivity contribution in [1.82, 2.24) is 4.57 Å². The maximum absolute atomic E-state index is 11.6. The quantitative estimate of drug-likeness (QED) is 0.826. The van der Waals surface area contributed by atoms with Crippen LogP contribution < -0.4 is 5.73 Å². The Balaban J connectivity index is 2.72. The molecule has 2 N–H and O–H groups in total. The van der Waals surface area contributed by atoms with Crippen molar-refractivity contribution >= 4 is 15.5 Å². The average molecular weight is 261 g/mol. The summed E-state index contributed by atoms with van der Waals surface area (Å²) in [7, 11) is -3.39. The monoisotopic (exact) mass is 261 g/mol. The Morgan fingerprint density at radius 3 is 2.61 bits per heavy atom. The summed E-state index contributed by atoms with van der Waals surface area (Å²) < 4.78 is 24.7. The minimum atomic E-state index is -3.39. The van der Waals surface area contributed by atoms with E-state index < -0.39 is 9.84 Å². The highest BCUT2D eigenvalue weighted by atomic mass is 32.2. The van der Waals surface area contributed by atoms with E-state index in [1.54, 1.807) is 35.0 Å². The van der Waals surface area contributed by atoms with E-state index in [9.17, 15) is 8.42 Å². The molecule has 0 spiro atoms. The molecule has 0 aliphatic heterocycles. The lowest BCUT2D eigenvalue weighted by Gasteiger charge is -2.11. The molecular weight excluding hydrogens is 250 g/mol. The zero-order valence-electron chi connectivity index (χ0n) is 9.66. The number of sulfone groups is 1. The second-order valence-electron chi connectivity index (χ2n) is 3.84. The van der Waals surface area contributed by atoms with E-state index in [1.807, 2.05) is 6.07 Å². The molecular formula is C12H11N3O2S. The van der Waals surface area contributed by atoms with Gasteiger partial charge in [-0.2, -0.15) is 5.26 Å². The maximum Gasteiger partial charge on any atom is 0.177 e. The predicted molar refractivity (Wildman–Crippen MR) is 68.0 cm³/mol. The first kappa shape index (κ1) is 12.2. The molecule has 2 aromatic rings. The van der Waals surface area contributed by atoms with Crippen molar-refractivity contribution in [3.63, 3.8) is 0 Å². The third kappa shape index (κ3) is 1.96. The molecule has 0 saturated carbocycles. The predicted octanol–water partition coefficient (Wildman–Crippen LogP) is 1.33. The molecule has 0 atom stereocenters. The Kier molecular flexibility index (Phi) is 2.85. The zero-order chi connectivity index (χ0) is 13.3. The molecule has 18 heavy (non-hydrogen) atoms. The first-order valence-corrected chi connectivity index (χ1v) is 7.00. The van der Waals surface area contributed by atoms with Crippen LogP contribution in [0.1, 0.15) is 5.69 Å². The van der Waals surface area contributed by atoms with Gasteiger partial charge in [0.05, 0.1) is 16.3 Å². The van der Waals surface area contributed by atoms with E-state index in [-0.39, 0.29) is 10.6 Å². The highest BCUT2D eigenvalue weighted by molar-refractivity contribution is 7.90. The molecule has 0 saturated heterocycles. The van der Waals surface area contributed by atoms with Crippen molar-refractivity contribution in [3.8, 4) is 11.8 Å². The highest BCUT2D eigenvalue weighted by Crippen LogP contribution is 2.26. The van der Waals surface area contributed by atoms with Crippen molar-refractivity contribution < 1.29 is 8.42 Å². The van der Waals surface area contributed by atoms with Gasteiger partial charge in [-0.15, -0.1) is 0 Å². The van der Waals surface area contributed by atoms with Gasteiger partial charge in [0.1, 0.15) is 11.8 Å². The highest BCUT2D eigenvalue weighted by Gasteiger charge is 2.15. The second-order valence-corrected chi connectivity index (χ2v) is 5.82. The summed E-state index contributed by atoms with van der Waals surface area (Å²) in [5, 5.41) is 8.96. The van der Waals surface area contributed by atoms with Crippen LogP contribution in [0.2, 0.25) is 0 Å². The van der Waals surface area contributed by atoms with Gasteiger partial charge in [-0.1, -0.05) is 6.07 Å². The van der Waals surface area contributed by atoms with Crippen molar-refractivity contribution in [2.24, 2.45) is 0 Å². The number of anilines is 1. The van der Waals surface area contributed by atoms with Gasteiger partial charge in [0.2, 0.25) is 0 Å². The largest absolute Gasteiger partial charge is 0.396 e. The first-order chi connectivity index (χ1) is 8.45. The molecule has 6 heteroatoms. The molecule has 0 aliphatic rings. The molecule has 0 radical (unpaired) electrons. The Morgan fingerprint density at radius 1 is 1.28 bits per heavy atom. The SMILES string of the molecule is CS(=O)(=O)c1cccc(-n2cccc2C#N)c1N. The topological polar surface area (TPSA) is 88.9 Å². The van der Waals surface area contributed by atoms with Crippen LogP contribution in [0.25, 0.3) is 5.69 Å². The fraction of sp³-hybridized carbons (Fsp3) is 0.0833. The number of hydrogen-bond acceptors (Lipinski definition) is 4. The summed E-state index contributed by atoms with van der Waals surface area (Å²) in [6.45, 7) is 0. The molecule has 0 amide bonds. The maximum atomic E-state index is 11.6. The van der Waals surface area contributed by atoms with Crippen LogP contribution in [0.5, 0.6) is 0 Å².